The van der Waals surface area contributed by atoms with Crippen LogP contribution in [0, 0.1) is 5.92 Å². The van der Waals surface area contributed by atoms with Crippen molar-refractivity contribution in [2.45, 2.75) is 32.8 Å². The Morgan fingerprint density at radius 3 is 2.12 bits per heavy atom. The van der Waals surface area contributed by atoms with Crippen LogP contribution in [-0.4, -0.2) is 17.7 Å². The largest absolute Gasteiger partial charge is 0.465 e. The maximum Gasteiger partial charge on any atom is 0.309 e. The first-order valence-electron chi connectivity index (χ1n) is 8.18. The minimum absolute atomic E-state index is 0.100. The molecule has 0 heterocycles. The molecule has 0 fully saturated rings. The predicted octanol–water partition coefficient (Wildman–Crippen LogP) is 4.93. The lowest BCUT2D eigenvalue weighted by Crippen LogP contribution is -2.26. The summed E-state index contributed by atoms with van der Waals surface area (Å²) in [6, 6.07) is 14.0. The normalized spacial score (nSPS) is 13.4. The maximum absolute atomic E-state index is 11.9. The van der Waals surface area contributed by atoms with Gasteiger partial charge < -0.3 is 14.6 Å². The Balaban J connectivity index is 1.99. The van der Waals surface area contributed by atoms with E-state index in [9.17, 15) is 9.90 Å². The van der Waals surface area contributed by atoms with Crippen LogP contribution in [0.5, 0.6) is 11.5 Å². The number of hydrogen-bond acceptors (Lipinski definition) is 4. The second-order valence-corrected chi connectivity index (χ2v) is 7.04. The van der Waals surface area contributed by atoms with E-state index in [-0.39, 0.29) is 12.3 Å². The quantitative estimate of drug-likeness (QED) is 0.709. The molecular formula is C20H23ClO4. The first-order chi connectivity index (χ1) is 11.8. The van der Waals surface area contributed by atoms with E-state index in [1.165, 1.54) is 0 Å². The van der Waals surface area contributed by atoms with Crippen molar-refractivity contribution < 1.29 is 19.4 Å². The van der Waals surface area contributed by atoms with Gasteiger partial charge in [0.05, 0.1) is 18.6 Å². The summed E-state index contributed by atoms with van der Waals surface area (Å²) in [5, 5.41) is 11.2. The maximum atomic E-state index is 11.9. The molecule has 134 valence electrons. The van der Waals surface area contributed by atoms with E-state index in [0.717, 1.165) is 0 Å². The highest BCUT2D eigenvalue weighted by atomic mass is 35.5. The minimum atomic E-state index is -1.30. The van der Waals surface area contributed by atoms with Crippen LogP contribution >= 0.6 is 11.6 Å². The van der Waals surface area contributed by atoms with Crippen LogP contribution < -0.4 is 4.74 Å². The Kier molecular flexibility index (Phi) is 6.45. The fourth-order valence-electron chi connectivity index (χ4n) is 2.21. The number of halogens is 1. The molecule has 0 saturated carbocycles. The standard InChI is InChI=1S/C20H23ClO4/c1-14(2)13-24-19(22)12-20(3,23)15-4-8-17(9-5-15)25-18-10-6-16(21)7-11-18/h4-11,14,23H,12-13H2,1-3H3. The van der Waals surface area contributed by atoms with Gasteiger partial charge in [0.25, 0.3) is 0 Å². The minimum Gasteiger partial charge on any atom is -0.465 e. The second-order valence-electron chi connectivity index (χ2n) is 6.61. The number of rotatable bonds is 7. The van der Waals surface area contributed by atoms with Crippen molar-refractivity contribution in [3.63, 3.8) is 0 Å². The van der Waals surface area contributed by atoms with Crippen LogP contribution in [0.25, 0.3) is 0 Å². The zero-order valence-electron chi connectivity index (χ0n) is 14.7. The van der Waals surface area contributed by atoms with Crippen LogP contribution in [0.4, 0.5) is 0 Å². The molecule has 0 saturated heterocycles. The molecule has 4 nitrogen and oxygen atoms in total. The Labute approximate surface area is 153 Å². The summed E-state index contributed by atoms with van der Waals surface area (Å²) >= 11 is 5.85. The number of benzene rings is 2. The molecular weight excluding hydrogens is 340 g/mol. The van der Waals surface area contributed by atoms with Crippen LogP contribution in [0.3, 0.4) is 0 Å². The van der Waals surface area contributed by atoms with E-state index in [1.54, 1.807) is 55.5 Å². The molecule has 0 aliphatic rings. The molecule has 25 heavy (non-hydrogen) atoms. The van der Waals surface area contributed by atoms with Crippen molar-refractivity contribution in [2.75, 3.05) is 6.61 Å². The van der Waals surface area contributed by atoms with Gasteiger partial charge in [-0.1, -0.05) is 37.6 Å². The van der Waals surface area contributed by atoms with Gasteiger partial charge in [-0.05, 0) is 54.8 Å². The third-order valence-electron chi connectivity index (χ3n) is 3.59. The van der Waals surface area contributed by atoms with Gasteiger partial charge in [-0.2, -0.15) is 0 Å². The molecule has 2 rings (SSSR count). The predicted molar refractivity (Wildman–Crippen MR) is 98.0 cm³/mol. The van der Waals surface area contributed by atoms with E-state index >= 15 is 0 Å². The SMILES string of the molecule is CC(C)COC(=O)CC(C)(O)c1ccc(Oc2ccc(Cl)cc2)cc1. The molecule has 0 aliphatic carbocycles. The van der Waals surface area contributed by atoms with Gasteiger partial charge >= 0.3 is 5.97 Å². The number of aliphatic hydroxyl groups is 1. The summed E-state index contributed by atoms with van der Waals surface area (Å²) in [7, 11) is 0. The fourth-order valence-corrected chi connectivity index (χ4v) is 2.34. The molecule has 1 unspecified atom stereocenters. The summed E-state index contributed by atoms with van der Waals surface area (Å²) in [5.74, 6) is 1.14. The van der Waals surface area contributed by atoms with Crippen molar-refractivity contribution in [3.05, 3.63) is 59.1 Å². The average molecular weight is 363 g/mol. The Bertz CT molecular complexity index is 691. The van der Waals surface area contributed by atoms with Crippen LogP contribution in [0.2, 0.25) is 5.02 Å². The molecule has 0 bridgehead atoms. The van der Waals surface area contributed by atoms with E-state index in [4.69, 9.17) is 21.1 Å². The number of hydrogen-bond donors (Lipinski definition) is 1. The average Bonchev–Trinajstić information content (AvgIpc) is 2.55. The lowest BCUT2D eigenvalue weighted by molar-refractivity contribution is -0.150. The van der Waals surface area contributed by atoms with Crippen molar-refractivity contribution in [1.82, 2.24) is 0 Å². The van der Waals surface area contributed by atoms with Crippen LogP contribution in [0.1, 0.15) is 32.8 Å². The molecule has 1 N–H and O–H groups in total. The molecule has 0 aliphatic heterocycles. The van der Waals surface area contributed by atoms with Gasteiger partial charge in [0.15, 0.2) is 0 Å². The molecule has 0 spiro atoms. The third-order valence-corrected chi connectivity index (χ3v) is 3.84. The van der Waals surface area contributed by atoms with E-state index in [2.05, 4.69) is 0 Å². The zero-order valence-corrected chi connectivity index (χ0v) is 15.4. The Hall–Kier alpha value is -2.04. The molecule has 5 heteroatoms. The zero-order chi connectivity index (χ0) is 18.4. The second kappa shape index (κ2) is 8.37. The summed E-state index contributed by atoms with van der Waals surface area (Å²) in [4.78, 5) is 11.9. The monoisotopic (exact) mass is 362 g/mol. The molecule has 2 aromatic carbocycles. The van der Waals surface area contributed by atoms with Gasteiger partial charge in [-0.25, -0.2) is 0 Å². The number of carbonyl (C=O) groups excluding carboxylic acids is 1. The molecule has 0 amide bonds. The molecule has 0 aromatic heterocycles. The Morgan fingerprint density at radius 1 is 1.08 bits per heavy atom. The van der Waals surface area contributed by atoms with Crippen LogP contribution in [-0.2, 0) is 15.1 Å². The van der Waals surface area contributed by atoms with Gasteiger partial charge in [0, 0.05) is 5.02 Å². The summed E-state index contributed by atoms with van der Waals surface area (Å²) in [5.41, 5.74) is -0.676. The first kappa shape index (κ1) is 19.3. The third kappa shape index (κ3) is 6.07. The molecule has 2 aromatic rings. The number of ether oxygens (including phenoxy) is 2. The Morgan fingerprint density at radius 2 is 1.60 bits per heavy atom. The number of carbonyl (C=O) groups is 1. The highest BCUT2D eigenvalue weighted by Gasteiger charge is 2.27. The van der Waals surface area contributed by atoms with E-state index in [1.807, 2.05) is 13.8 Å². The lowest BCUT2D eigenvalue weighted by atomic mass is 9.92. The molecule has 1 atom stereocenters. The highest BCUT2D eigenvalue weighted by Crippen LogP contribution is 2.29. The van der Waals surface area contributed by atoms with Gasteiger partial charge in [-0.3, -0.25) is 4.79 Å². The van der Waals surface area contributed by atoms with Crippen molar-refractivity contribution in [2.24, 2.45) is 5.92 Å². The first-order valence-corrected chi connectivity index (χ1v) is 8.56. The summed E-state index contributed by atoms with van der Waals surface area (Å²) in [6.45, 7) is 5.87. The van der Waals surface area contributed by atoms with Gasteiger partial charge in [-0.15, -0.1) is 0 Å². The molecule has 0 radical (unpaired) electrons. The van der Waals surface area contributed by atoms with Crippen molar-refractivity contribution in [3.8, 4) is 11.5 Å². The lowest BCUT2D eigenvalue weighted by Gasteiger charge is -2.23. The summed E-state index contributed by atoms with van der Waals surface area (Å²) in [6.07, 6.45) is -0.100. The van der Waals surface area contributed by atoms with E-state index < -0.39 is 11.6 Å². The number of esters is 1. The van der Waals surface area contributed by atoms with E-state index in [0.29, 0.717) is 28.7 Å². The fraction of sp³-hybridized carbons (Fsp3) is 0.350. The van der Waals surface area contributed by atoms with Crippen molar-refractivity contribution in [1.29, 1.82) is 0 Å². The van der Waals surface area contributed by atoms with Crippen molar-refractivity contribution >= 4 is 17.6 Å². The summed E-state index contributed by atoms with van der Waals surface area (Å²) < 4.78 is 10.9. The highest BCUT2D eigenvalue weighted by molar-refractivity contribution is 6.30. The van der Waals surface area contributed by atoms with Crippen LogP contribution in [0.15, 0.2) is 48.5 Å². The van der Waals surface area contributed by atoms with Gasteiger partial charge in [0.1, 0.15) is 11.5 Å². The topological polar surface area (TPSA) is 55.8 Å². The van der Waals surface area contributed by atoms with Gasteiger partial charge in [0.2, 0.25) is 0 Å². The smallest absolute Gasteiger partial charge is 0.309 e.